The Bertz CT molecular complexity index is 1100. The first kappa shape index (κ1) is 21.2. The molecule has 0 unspecified atom stereocenters. The van der Waals surface area contributed by atoms with Crippen LogP contribution in [0.3, 0.4) is 0 Å². The van der Waals surface area contributed by atoms with Gasteiger partial charge in [0.2, 0.25) is 11.8 Å². The van der Waals surface area contributed by atoms with Gasteiger partial charge in [-0.3, -0.25) is 24.2 Å². The van der Waals surface area contributed by atoms with Crippen LogP contribution in [0, 0.1) is 0 Å². The fraction of sp³-hybridized carbons (Fsp3) is 0.238. The van der Waals surface area contributed by atoms with Gasteiger partial charge < -0.3 is 9.15 Å². The van der Waals surface area contributed by atoms with E-state index in [1.807, 2.05) is 0 Å². The van der Waals surface area contributed by atoms with E-state index in [1.165, 1.54) is 29.2 Å². The second-order valence-corrected chi connectivity index (χ2v) is 8.08. The molecule has 1 fully saturated rings. The van der Waals surface area contributed by atoms with Gasteiger partial charge in [-0.1, -0.05) is 23.4 Å². The SMILES string of the molecule is COc1ccc(N2C(=O)C(=Cc3ccco3)N=C2SCC(=O)N2CCCC2=O)cc1Cl. The molecule has 2 aliphatic heterocycles. The molecule has 0 N–H and O–H groups in total. The lowest BCUT2D eigenvalue weighted by Gasteiger charge is -2.19. The number of methoxy groups -OCH3 is 1. The minimum Gasteiger partial charge on any atom is -0.495 e. The molecule has 1 aromatic carbocycles. The number of benzene rings is 1. The zero-order valence-corrected chi connectivity index (χ0v) is 18.1. The molecule has 0 aliphatic carbocycles. The maximum Gasteiger partial charge on any atom is 0.283 e. The number of amidine groups is 1. The van der Waals surface area contributed by atoms with Crippen molar-refractivity contribution in [3.8, 4) is 5.75 Å². The van der Waals surface area contributed by atoms with Crippen molar-refractivity contribution in [1.82, 2.24) is 4.90 Å². The largest absolute Gasteiger partial charge is 0.495 e. The number of carbonyl (C=O) groups is 3. The van der Waals surface area contributed by atoms with Crippen LogP contribution in [-0.2, 0) is 14.4 Å². The molecule has 4 rings (SSSR count). The Morgan fingerprint density at radius 2 is 2.19 bits per heavy atom. The average Bonchev–Trinajstić information content (AvgIpc) is 3.48. The summed E-state index contributed by atoms with van der Waals surface area (Å²) < 4.78 is 10.5. The van der Waals surface area contributed by atoms with Gasteiger partial charge in [-0.05, 0) is 36.8 Å². The first-order chi connectivity index (χ1) is 15.0. The third-order valence-electron chi connectivity index (χ3n) is 4.74. The third-order valence-corrected chi connectivity index (χ3v) is 5.96. The van der Waals surface area contributed by atoms with Crippen molar-refractivity contribution in [2.45, 2.75) is 12.8 Å². The van der Waals surface area contributed by atoms with Crippen LogP contribution in [0.5, 0.6) is 5.75 Å². The molecule has 8 nitrogen and oxygen atoms in total. The van der Waals surface area contributed by atoms with Gasteiger partial charge in [0.1, 0.15) is 17.2 Å². The van der Waals surface area contributed by atoms with Gasteiger partial charge >= 0.3 is 0 Å². The summed E-state index contributed by atoms with van der Waals surface area (Å²) in [5.74, 6) is 0.0599. The number of amides is 3. The summed E-state index contributed by atoms with van der Waals surface area (Å²) in [7, 11) is 1.50. The van der Waals surface area contributed by atoms with Crippen molar-refractivity contribution < 1.29 is 23.5 Å². The van der Waals surface area contributed by atoms with Crippen LogP contribution in [0.15, 0.2) is 51.7 Å². The third kappa shape index (κ3) is 4.38. The number of likely N-dealkylation sites (tertiary alicyclic amines) is 1. The predicted octanol–water partition coefficient (Wildman–Crippen LogP) is 3.57. The predicted molar refractivity (Wildman–Crippen MR) is 118 cm³/mol. The van der Waals surface area contributed by atoms with Crippen LogP contribution < -0.4 is 9.64 Å². The molecule has 0 spiro atoms. The van der Waals surface area contributed by atoms with Crippen LogP contribution >= 0.6 is 23.4 Å². The van der Waals surface area contributed by atoms with E-state index < -0.39 is 0 Å². The molecule has 3 heterocycles. The first-order valence-corrected chi connectivity index (χ1v) is 10.8. The first-order valence-electron chi connectivity index (χ1n) is 9.46. The lowest BCUT2D eigenvalue weighted by molar-refractivity contribution is -0.140. The molecule has 1 aromatic heterocycles. The Morgan fingerprint density at radius 3 is 2.84 bits per heavy atom. The van der Waals surface area contributed by atoms with Crippen molar-refractivity contribution >= 4 is 58.0 Å². The quantitative estimate of drug-likeness (QED) is 0.635. The highest BCUT2D eigenvalue weighted by molar-refractivity contribution is 8.14. The Balaban J connectivity index is 1.62. The molecule has 0 saturated carbocycles. The number of furan rings is 1. The van der Waals surface area contributed by atoms with Crippen molar-refractivity contribution in [3.05, 3.63) is 53.1 Å². The average molecular weight is 460 g/mol. The lowest BCUT2D eigenvalue weighted by atomic mass is 10.2. The monoisotopic (exact) mass is 459 g/mol. The van der Waals surface area contributed by atoms with Crippen LogP contribution in [0.2, 0.25) is 5.02 Å². The summed E-state index contributed by atoms with van der Waals surface area (Å²) in [4.78, 5) is 44.5. The van der Waals surface area contributed by atoms with Crippen LogP contribution in [-0.4, -0.2) is 47.2 Å². The van der Waals surface area contributed by atoms with Gasteiger partial charge in [0.05, 0.1) is 29.8 Å². The van der Waals surface area contributed by atoms with E-state index in [0.717, 1.165) is 11.8 Å². The van der Waals surface area contributed by atoms with E-state index in [-0.39, 0.29) is 29.2 Å². The topological polar surface area (TPSA) is 92.4 Å². The van der Waals surface area contributed by atoms with Gasteiger partial charge in [0.25, 0.3) is 5.91 Å². The summed E-state index contributed by atoms with van der Waals surface area (Å²) in [6, 6.07) is 8.34. The molecule has 0 bridgehead atoms. The van der Waals surface area contributed by atoms with E-state index in [0.29, 0.717) is 46.8 Å². The van der Waals surface area contributed by atoms with Gasteiger partial charge in [-0.15, -0.1) is 0 Å². The standard InChI is InChI=1S/C21H18ClN3O5S/c1-29-17-7-6-13(10-15(17)22)25-20(28)16(11-14-4-3-9-30-14)23-21(25)31-12-19(27)24-8-2-5-18(24)26/h3-4,6-7,9-11H,2,5,8,12H2,1H3. The number of carbonyl (C=O) groups excluding carboxylic acids is 3. The van der Waals surface area contributed by atoms with Crippen molar-refractivity contribution in [2.75, 3.05) is 24.3 Å². The van der Waals surface area contributed by atoms with Crippen molar-refractivity contribution in [1.29, 1.82) is 0 Å². The number of nitrogens with zero attached hydrogens (tertiary/aromatic N) is 3. The number of hydrogen-bond donors (Lipinski definition) is 0. The zero-order valence-electron chi connectivity index (χ0n) is 16.5. The van der Waals surface area contributed by atoms with E-state index in [4.69, 9.17) is 20.8 Å². The molecule has 0 atom stereocenters. The number of anilines is 1. The Morgan fingerprint density at radius 1 is 1.35 bits per heavy atom. The summed E-state index contributed by atoms with van der Waals surface area (Å²) in [5, 5.41) is 0.642. The highest BCUT2D eigenvalue weighted by atomic mass is 35.5. The zero-order chi connectivity index (χ0) is 22.0. The molecule has 10 heteroatoms. The molecular formula is C21H18ClN3O5S. The number of ether oxygens (including phenoxy) is 1. The highest BCUT2D eigenvalue weighted by Gasteiger charge is 2.34. The Kier molecular flexibility index (Phi) is 6.15. The fourth-order valence-electron chi connectivity index (χ4n) is 3.24. The number of thioether (sulfide) groups is 1. The number of imide groups is 1. The molecule has 2 aromatic rings. The van der Waals surface area contributed by atoms with Crippen LogP contribution in [0.25, 0.3) is 6.08 Å². The normalized spacial score (nSPS) is 17.6. The van der Waals surface area contributed by atoms with Crippen molar-refractivity contribution in [3.63, 3.8) is 0 Å². The van der Waals surface area contributed by atoms with Crippen LogP contribution in [0.1, 0.15) is 18.6 Å². The minimum absolute atomic E-state index is 0.0216. The Labute approximate surface area is 187 Å². The molecule has 31 heavy (non-hydrogen) atoms. The molecule has 0 radical (unpaired) electrons. The van der Waals surface area contributed by atoms with Gasteiger partial charge in [-0.2, -0.15) is 0 Å². The van der Waals surface area contributed by atoms with Crippen molar-refractivity contribution in [2.24, 2.45) is 4.99 Å². The minimum atomic E-state index is -0.384. The van der Waals surface area contributed by atoms with Gasteiger partial charge in [0, 0.05) is 19.0 Å². The maximum atomic E-state index is 13.1. The smallest absolute Gasteiger partial charge is 0.283 e. The van der Waals surface area contributed by atoms with Gasteiger partial charge in [0.15, 0.2) is 5.17 Å². The number of hydrogen-bond acceptors (Lipinski definition) is 7. The molecule has 1 saturated heterocycles. The summed E-state index contributed by atoms with van der Waals surface area (Å²) >= 11 is 7.33. The molecular weight excluding hydrogens is 442 g/mol. The summed E-state index contributed by atoms with van der Waals surface area (Å²) in [6.07, 6.45) is 4.07. The lowest BCUT2D eigenvalue weighted by Crippen LogP contribution is -2.35. The van der Waals surface area contributed by atoms with E-state index in [1.54, 1.807) is 30.3 Å². The van der Waals surface area contributed by atoms with E-state index >= 15 is 0 Å². The van der Waals surface area contributed by atoms with Gasteiger partial charge in [-0.25, -0.2) is 4.99 Å². The molecule has 160 valence electrons. The number of rotatable bonds is 5. The second kappa shape index (κ2) is 8.99. The number of aliphatic imine (C=N–C) groups is 1. The second-order valence-electron chi connectivity index (χ2n) is 6.73. The Hall–Kier alpha value is -3.04. The molecule has 2 aliphatic rings. The van der Waals surface area contributed by atoms with E-state index in [9.17, 15) is 14.4 Å². The number of halogens is 1. The summed E-state index contributed by atoms with van der Waals surface area (Å²) in [5.41, 5.74) is 0.642. The summed E-state index contributed by atoms with van der Waals surface area (Å²) in [6.45, 7) is 0.422. The maximum absolute atomic E-state index is 13.1. The highest BCUT2D eigenvalue weighted by Crippen LogP contribution is 2.34. The molecule has 3 amide bonds. The fourth-order valence-corrected chi connectivity index (χ4v) is 4.38. The van der Waals surface area contributed by atoms with E-state index in [2.05, 4.69) is 4.99 Å². The van der Waals surface area contributed by atoms with Crippen LogP contribution in [0.4, 0.5) is 5.69 Å².